The molecule has 7 nitrogen and oxygen atoms in total. The second-order valence-corrected chi connectivity index (χ2v) is 9.15. The number of aromatic nitrogens is 3. The third-order valence-corrected chi connectivity index (χ3v) is 6.84. The Morgan fingerprint density at radius 1 is 1.16 bits per heavy atom. The van der Waals surface area contributed by atoms with E-state index >= 15 is 0 Å². The fourth-order valence-corrected chi connectivity index (χ4v) is 4.08. The summed E-state index contributed by atoms with van der Waals surface area (Å²) in [6.07, 6.45) is 0. The van der Waals surface area contributed by atoms with Gasteiger partial charge in [-0.1, -0.05) is 47.1 Å². The van der Waals surface area contributed by atoms with Crippen LogP contribution < -0.4 is 10.6 Å². The first-order chi connectivity index (χ1) is 14.8. The fraction of sp³-hybridized carbons (Fsp3) is 0.200. The molecular weight excluding hydrogens is 525 g/mol. The Morgan fingerprint density at radius 3 is 2.61 bits per heavy atom. The molecule has 0 aliphatic carbocycles. The third kappa shape index (κ3) is 6.00. The Balaban J connectivity index is 1.59. The van der Waals surface area contributed by atoms with Gasteiger partial charge in [0.1, 0.15) is 0 Å². The van der Waals surface area contributed by atoms with Gasteiger partial charge >= 0.3 is 0 Å². The quantitative estimate of drug-likeness (QED) is 0.405. The lowest BCUT2D eigenvalue weighted by Gasteiger charge is -2.14. The van der Waals surface area contributed by atoms with Crippen molar-refractivity contribution in [1.82, 2.24) is 20.1 Å². The van der Waals surface area contributed by atoms with Gasteiger partial charge in [0.2, 0.25) is 5.91 Å². The SMILES string of the molecule is C[C@H](NC(=O)c1ccccc1Cl)c1nnc(SCC(=O)Nc2ccc(Br)c(Cl)c2)n1C. The highest BCUT2D eigenvalue weighted by Crippen LogP contribution is 2.26. The van der Waals surface area contributed by atoms with Gasteiger partial charge in [-0.3, -0.25) is 9.59 Å². The van der Waals surface area contributed by atoms with Gasteiger partial charge in [-0.2, -0.15) is 0 Å². The number of rotatable bonds is 7. The summed E-state index contributed by atoms with van der Waals surface area (Å²) in [6.45, 7) is 1.80. The average molecular weight is 543 g/mol. The zero-order chi connectivity index (χ0) is 22.5. The van der Waals surface area contributed by atoms with Gasteiger partial charge in [-0.15, -0.1) is 10.2 Å². The van der Waals surface area contributed by atoms with Crippen molar-refractivity contribution in [1.29, 1.82) is 0 Å². The number of hydrogen-bond acceptors (Lipinski definition) is 5. The summed E-state index contributed by atoms with van der Waals surface area (Å²) in [5.74, 6) is 0.193. The number of carbonyl (C=O) groups excluding carboxylic acids is 2. The number of nitrogens with one attached hydrogen (secondary N) is 2. The molecule has 3 aromatic rings. The van der Waals surface area contributed by atoms with Gasteiger partial charge in [0, 0.05) is 17.2 Å². The zero-order valence-electron chi connectivity index (χ0n) is 16.5. The number of thioether (sulfide) groups is 1. The molecule has 0 bridgehead atoms. The molecule has 0 aliphatic heterocycles. The van der Waals surface area contributed by atoms with E-state index < -0.39 is 6.04 Å². The lowest BCUT2D eigenvalue weighted by Crippen LogP contribution is -2.28. The number of halogens is 3. The predicted molar refractivity (Wildman–Crippen MR) is 127 cm³/mol. The van der Waals surface area contributed by atoms with E-state index in [1.807, 2.05) is 0 Å². The molecule has 2 aromatic carbocycles. The van der Waals surface area contributed by atoms with E-state index in [9.17, 15) is 9.59 Å². The molecule has 11 heteroatoms. The third-order valence-electron chi connectivity index (χ3n) is 4.26. The van der Waals surface area contributed by atoms with Gasteiger partial charge in [-0.25, -0.2) is 0 Å². The first-order valence-corrected chi connectivity index (χ1v) is 11.6. The van der Waals surface area contributed by atoms with Crippen molar-refractivity contribution in [2.45, 2.75) is 18.1 Å². The molecular formula is C20H18BrCl2N5O2S. The van der Waals surface area contributed by atoms with Crippen LogP contribution in [-0.4, -0.2) is 32.3 Å². The molecule has 2 N–H and O–H groups in total. The van der Waals surface area contributed by atoms with Crippen molar-refractivity contribution in [2.24, 2.45) is 7.05 Å². The summed E-state index contributed by atoms with van der Waals surface area (Å²) in [6, 6.07) is 11.6. The lowest BCUT2D eigenvalue weighted by molar-refractivity contribution is -0.113. The minimum atomic E-state index is -0.408. The van der Waals surface area contributed by atoms with Crippen molar-refractivity contribution in [2.75, 3.05) is 11.1 Å². The monoisotopic (exact) mass is 541 g/mol. The zero-order valence-corrected chi connectivity index (χ0v) is 20.4. The van der Waals surface area contributed by atoms with Crippen LogP contribution in [0.1, 0.15) is 29.1 Å². The Morgan fingerprint density at radius 2 is 1.90 bits per heavy atom. The Kier molecular flexibility index (Phi) is 7.99. The topological polar surface area (TPSA) is 88.9 Å². The molecule has 0 unspecified atom stereocenters. The van der Waals surface area contributed by atoms with Gasteiger partial charge in [0.15, 0.2) is 11.0 Å². The van der Waals surface area contributed by atoms with E-state index in [-0.39, 0.29) is 17.6 Å². The second kappa shape index (κ2) is 10.5. The van der Waals surface area contributed by atoms with Crippen LogP contribution in [0.15, 0.2) is 52.1 Å². The fourth-order valence-electron chi connectivity index (χ4n) is 2.71. The molecule has 0 fully saturated rings. The first-order valence-electron chi connectivity index (χ1n) is 9.08. The van der Waals surface area contributed by atoms with E-state index in [1.165, 1.54) is 11.8 Å². The maximum absolute atomic E-state index is 12.5. The van der Waals surface area contributed by atoms with Crippen molar-refractivity contribution >= 4 is 68.4 Å². The Labute approximate surface area is 202 Å². The van der Waals surface area contributed by atoms with Crippen molar-refractivity contribution < 1.29 is 9.59 Å². The largest absolute Gasteiger partial charge is 0.342 e. The van der Waals surface area contributed by atoms with Crippen LogP contribution in [0.5, 0.6) is 0 Å². The van der Waals surface area contributed by atoms with E-state index in [2.05, 4.69) is 36.8 Å². The van der Waals surface area contributed by atoms with Crippen LogP contribution in [0.25, 0.3) is 0 Å². The summed E-state index contributed by atoms with van der Waals surface area (Å²) in [7, 11) is 1.78. The molecule has 0 aliphatic rings. The molecule has 1 atom stereocenters. The summed E-state index contributed by atoms with van der Waals surface area (Å²) < 4.78 is 2.50. The maximum Gasteiger partial charge on any atom is 0.253 e. The van der Waals surface area contributed by atoms with Crippen LogP contribution in [0.2, 0.25) is 10.0 Å². The van der Waals surface area contributed by atoms with Gasteiger partial charge in [-0.05, 0) is 53.2 Å². The second-order valence-electron chi connectivity index (χ2n) is 6.54. The number of anilines is 1. The van der Waals surface area contributed by atoms with E-state index in [0.29, 0.717) is 32.3 Å². The van der Waals surface area contributed by atoms with Crippen LogP contribution in [0, 0.1) is 0 Å². The molecule has 1 aromatic heterocycles. The number of amides is 2. The molecule has 3 rings (SSSR count). The van der Waals surface area contributed by atoms with E-state index in [1.54, 1.807) is 61.0 Å². The van der Waals surface area contributed by atoms with E-state index in [4.69, 9.17) is 23.2 Å². The summed E-state index contributed by atoms with van der Waals surface area (Å²) in [4.78, 5) is 24.7. The molecule has 0 saturated carbocycles. The van der Waals surface area contributed by atoms with Gasteiger partial charge < -0.3 is 15.2 Å². The molecule has 162 valence electrons. The summed E-state index contributed by atoms with van der Waals surface area (Å²) >= 11 is 16.7. The molecule has 1 heterocycles. The van der Waals surface area contributed by atoms with Crippen LogP contribution in [0.4, 0.5) is 5.69 Å². The van der Waals surface area contributed by atoms with Gasteiger partial charge in [0.25, 0.3) is 5.91 Å². The number of nitrogens with zero attached hydrogens (tertiary/aromatic N) is 3. The highest BCUT2D eigenvalue weighted by Gasteiger charge is 2.20. The van der Waals surface area contributed by atoms with Crippen molar-refractivity contribution in [3.05, 3.63) is 68.4 Å². The van der Waals surface area contributed by atoms with Gasteiger partial charge in [0.05, 0.1) is 27.4 Å². The maximum atomic E-state index is 12.5. The van der Waals surface area contributed by atoms with Crippen molar-refractivity contribution in [3.63, 3.8) is 0 Å². The molecule has 2 amide bonds. The Bertz CT molecular complexity index is 1120. The van der Waals surface area contributed by atoms with Crippen LogP contribution >= 0.6 is 50.9 Å². The molecule has 0 saturated heterocycles. The molecule has 0 spiro atoms. The van der Waals surface area contributed by atoms with E-state index in [0.717, 1.165) is 4.47 Å². The number of carbonyl (C=O) groups is 2. The smallest absolute Gasteiger partial charge is 0.253 e. The number of benzene rings is 2. The minimum absolute atomic E-state index is 0.139. The van der Waals surface area contributed by atoms with Crippen LogP contribution in [0.3, 0.4) is 0 Å². The average Bonchev–Trinajstić information content (AvgIpc) is 3.10. The molecule has 0 radical (unpaired) electrons. The minimum Gasteiger partial charge on any atom is -0.342 e. The van der Waals surface area contributed by atoms with Crippen LogP contribution in [-0.2, 0) is 11.8 Å². The summed E-state index contributed by atoms with van der Waals surface area (Å²) in [5, 5.41) is 15.4. The Hall–Kier alpha value is -2.07. The van der Waals surface area contributed by atoms with Crippen molar-refractivity contribution in [3.8, 4) is 0 Å². The normalized spacial score (nSPS) is 11.8. The predicted octanol–water partition coefficient (Wildman–Crippen LogP) is 5.11. The first kappa shape index (κ1) is 23.6. The lowest BCUT2D eigenvalue weighted by atomic mass is 10.2. The highest BCUT2D eigenvalue weighted by atomic mass is 79.9. The number of hydrogen-bond donors (Lipinski definition) is 2. The standard InChI is InChI=1S/C20H18BrCl2N5O2S/c1-11(24-19(30)13-5-3-4-6-15(13)22)18-26-27-20(28(18)2)31-10-17(29)25-12-7-8-14(21)16(23)9-12/h3-9,11H,10H2,1-2H3,(H,24,30)(H,25,29)/t11-/m0/s1. The summed E-state index contributed by atoms with van der Waals surface area (Å²) in [5.41, 5.74) is 0.992. The highest BCUT2D eigenvalue weighted by molar-refractivity contribution is 9.10. The molecule has 31 heavy (non-hydrogen) atoms.